The molecule has 1 N–H and O–H groups in total. The van der Waals surface area contributed by atoms with E-state index in [0.29, 0.717) is 22.3 Å². The number of nitrogens with one attached hydrogen (secondary N) is 1. The molecule has 7 nitrogen and oxygen atoms in total. The number of aromatic nitrogens is 3. The van der Waals surface area contributed by atoms with Gasteiger partial charge in [0.25, 0.3) is 11.5 Å². The Bertz CT molecular complexity index is 1350. The maximum Gasteiger partial charge on any atom is 0.296 e. The van der Waals surface area contributed by atoms with Crippen LogP contribution in [0.15, 0.2) is 53.3 Å². The number of carbonyl (C=O) groups is 1. The van der Waals surface area contributed by atoms with Crippen molar-refractivity contribution >= 4 is 27.7 Å². The number of methoxy groups -OCH3 is 1. The lowest BCUT2D eigenvalue weighted by molar-refractivity contribution is 0.0933. The number of para-hydroxylation sites is 1. The Morgan fingerprint density at radius 2 is 1.81 bits per heavy atom. The molecular formula is C24H24N4O3. The highest BCUT2D eigenvalue weighted by atomic mass is 16.5. The normalized spacial score (nSPS) is 14.4. The monoisotopic (exact) mass is 416 g/mol. The lowest BCUT2D eigenvalue weighted by Gasteiger charge is -2.14. The van der Waals surface area contributed by atoms with Gasteiger partial charge >= 0.3 is 0 Å². The molecule has 0 unspecified atom stereocenters. The number of amides is 1. The van der Waals surface area contributed by atoms with E-state index in [-0.39, 0.29) is 23.2 Å². The molecule has 1 aliphatic carbocycles. The van der Waals surface area contributed by atoms with Gasteiger partial charge in [-0.1, -0.05) is 31.0 Å². The molecule has 0 spiro atoms. The molecule has 2 aromatic carbocycles. The molecule has 1 fully saturated rings. The predicted octanol–water partition coefficient (Wildman–Crippen LogP) is 3.56. The zero-order valence-corrected chi connectivity index (χ0v) is 17.6. The van der Waals surface area contributed by atoms with Crippen LogP contribution in [0.2, 0.25) is 0 Å². The molecule has 2 aromatic heterocycles. The minimum absolute atomic E-state index is 0.153. The third-order valence-electron chi connectivity index (χ3n) is 6.16. The van der Waals surface area contributed by atoms with Gasteiger partial charge in [0.2, 0.25) is 0 Å². The van der Waals surface area contributed by atoms with Crippen LogP contribution in [0.25, 0.3) is 27.5 Å². The van der Waals surface area contributed by atoms with Gasteiger partial charge in [0.1, 0.15) is 11.3 Å². The first-order valence-electron chi connectivity index (χ1n) is 10.5. The number of benzene rings is 2. The van der Waals surface area contributed by atoms with Crippen molar-refractivity contribution in [1.29, 1.82) is 0 Å². The lowest BCUT2D eigenvalue weighted by atomic mass is 10.1. The number of carbonyl (C=O) groups excluding carboxylic acids is 1. The van der Waals surface area contributed by atoms with Gasteiger partial charge in [0, 0.05) is 29.4 Å². The van der Waals surface area contributed by atoms with Crippen LogP contribution in [0.5, 0.6) is 5.75 Å². The second-order valence-electron chi connectivity index (χ2n) is 8.02. The van der Waals surface area contributed by atoms with Crippen molar-refractivity contribution in [2.24, 2.45) is 7.05 Å². The van der Waals surface area contributed by atoms with Crippen molar-refractivity contribution in [3.8, 4) is 11.4 Å². The SMILES string of the molecule is COc1ccc(-n2nc(C(=O)NC3CCCC3)c3c4ccccc4n(C)c3c2=O)cc1. The standard InChI is InChI=1S/C24H24N4O3/c1-27-19-10-6-5-9-18(19)20-21(23(29)25-15-7-3-4-8-15)26-28(24(30)22(20)27)16-11-13-17(31-2)14-12-16/h5-6,9-15H,3-4,7-8H2,1-2H3,(H,25,29). The van der Waals surface area contributed by atoms with Crippen LogP contribution in [0, 0.1) is 0 Å². The molecule has 5 rings (SSSR count). The highest BCUT2D eigenvalue weighted by molar-refractivity contribution is 6.16. The molecule has 2 heterocycles. The summed E-state index contributed by atoms with van der Waals surface area (Å²) < 4.78 is 8.38. The van der Waals surface area contributed by atoms with E-state index in [9.17, 15) is 9.59 Å². The minimum Gasteiger partial charge on any atom is -0.497 e. The van der Waals surface area contributed by atoms with Gasteiger partial charge in [-0.3, -0.25) is 9.59 Å². The molecule has 1 amide bonds. The summed E-state index contributed by atoms with van der Waals surface area (Å²) in [7, 11) is 3.44. The number of fused-ring (bicyclic) bond motifs is 3. The number of aryl methyl sites for hydroxylation is 1. The molecule has 0 radical (unpaired) electrons. The molecule has 4 aromatic rings. The van der Waals surface area contributed by atoms with Gasteiger partial charge in [0.15, 0.2) is 5.69 Å². The average Bonchev–Trinajstić information content (AvgIpc) is 3.41. The van der Waals surface area contributed by atoms with Crippen LogP contribution in [-0.2, 0) is 7.05 Å². The Labute approximate surface area is 179 Å². The maximum absolute atomic E-state index is 13.5. The highest BCUT2D eigenvalue weighted by Gasteiger charge is 2.25. The molecular weight excluding hydrogens is 392 g/mol. The fourth-order valence-electron chi connectivity index (χ4n) is 4.56. The van der Waals surface area contributed by atoms with Gasteiger partial charge < -0.3 is 14.6 Å². The first kappa shape index (κ1) is 19.4. The Kier molecular flexibility index (Phi) is 4.73. The number of hydrogen-bond donors (Lipinski definition) is 1. The first-order chi connectivity index (χ1) is 15.1. The lowest BCUT2D eigenvalue weighted by Crippen LogP contribution is -2.35. The van der Waals surface area contributed by atoms with E-state index < -0.39 is 0 Å². The molecule has 0 saturated heterocycles. The Morgan fingerprint density at radius 1 is 1.10 bits per heavy atom. The van der Waals surface area contributed by atoms with Crippen molar-refractivity contribution in [1.82, 2.24) is 19.7 Å². The van der Waals surface area contributed by atoms with E-state index >= 15 is 0 Å². The summed E-state index contributed by atoms with van der Waals surface area (Å²) in [6, 6.07) is 14.9. The zero-order chi connectivity index (χ0) is 21.5. The predicted molar refractivity (Wildman–Crippen MR) is 120 cm³/mol. The van der Waals surface area contributed by atoms with Crippen LogP contribution in [0.4, 0.5) is 0 Å². The summed E-state index contributed by atoms with van der Waals surface area (Å²) in [4.78, 5) is 26.9. The largest absolute Gasteiger partial charge is 0.497 e. The smallest absolute Gasteiger partial charge is 0.296 e. The number of rotatable bonds is 4. The van der Waals surface area contributed by atoms with Crippen molar-refractivity contribution in [2.45, 2.75) is 31.7 Å². The van der Waals surface area contributed by atoms with E-state index in [2.05, 4.69) is 10.4 Å². The summed E-state index contributed by atoms with van der Waals surface area (Å²) in [6.07, 6.45) is 4.19. The van der Waals surface area contributed by atoms with Crippen LogP contribution in [0.1, 0.15) is 36.2 Å². The fourth-order valence-corrected chi connectivity index (χ4v) is 4.56. The summed E-state index contributed by atoms with van der Waals surface area (Å²) in [5, 5.41) is 9.15. The first-order valence-corrected chi connectivity index (χ1v) is 10.5. The van der Waals surface area contributed by atoms with E-state index in [1.807, 2.05) is 35.9 Å². The van der Waals surface area contributed by atoms with E-state index in [1.165, 1.54) is 4.68 Å². The van der Waals surface area contributed by atoms with Crippen molar-refractivity contribution in [3.05, 3.63) is 64.6 Å². The van der Waals surface area contributed by atoms with Gasteiger partial charge in [-0.05, 0) is 43.2 Å². The average molecular weight is 416 g/mol. The van der Waals surface area contributed by atoms with Crippen molar-refractivity contribution in [2.75, 3.05) is 7.11 Å². The Morgan fingerprint density at radius 3 is 2.52 bits per heavy atom. The van der Waals surface area contributed by atoms with Gasteiger partial charge in [0.05, 0.1) is 12.8 Å². The zero-order valence-electron chi connectivity index (χ0n) is 17.6. The molecule has 1 saturated carbocycles. The molecule has 0 atom stereocenters. The molecule has 0 bridgehead atoms. The summed E-state index contributed by atoms with van der Waals surface area (Å²) in [5.74, 6) is 0.442. The molecule has 158 valence electrons. The third kappa shape index (κ3) is 3.17. The Balaban J connectivity index is 1.77. The minimum atomic E-state index is -0.267. The second-order valence-corrected chi connectivity index (χ2v) is 8.02. The van der Waals surface area contributed by atoms with Crippen LogP contribution in [-0.4, -0.2) is 33.4 Å². The van der Waals surface area contributed by atoms with Crippen LogP contribution >= 0.6 is 0 Å². The van der Waals surface area contributed by atoms with Gasteiger partial charge in [-0.15, -0.1) is 0 Å². The van der Waals surface area contributed by atoms with Crippen molar-refractivity contribution in [3.63, 3.8) is 0 Å². The van der Waals surface area contributed by atoms with Crippen LogP contribution in [0.3, 0.4) is 0 Å². The summed E-state index contributed by atoms with van der Waals surface area (Å²) >= 11 is 0. The number of hydrogen-bond acceptors (Lipinski definition) is 4. The molecule has 0 aliphatic heterocycles. The summed E-state index contributed by atoms with van der Waals surface area (Å²) in [6.45, 7) is 0. The second kappa shape index (κ2) is 7.58. The highest BCUT2D eigenvalue weighted by Crippen LogP contribution is 2.29. The third-order valence-corrected chi connectivity index (χ3v) is 6.16. The number of nitrogens with zero attached hydrogens (tertiary/aromatic N) is 3. The summed E-state index contributed by atoms with van der Waals surface area (Å²) in [5.41, 5.74) is 1.93. The Hall–Kier alpha value is -3.61. The van der Waals surface area contributed by atoms with Crippen molar-refractivity contribution < 1.29 is 9.53 Å². The van der Waals surface area contributed by atoms with Gasteiger partial charge in [-0.2, -0.15) is 9.78 Å². The molecule has 7 heteroatoms. The fraction of sp³-hybridized carbons (Fsp3) is 0.292. The van der Waals surface area contributed by atoms with Crippen LogP contribution < -0.4 is 15.6 Å². The quantitative estimate of drug-likeness (QED) is 0.552. The topological polar surface area (TPSA) is 78.2 Å². The molecule has 31 heavy (non-hydrogen) atoms. The molecule has 1 aliphatic rings. The van der Waals surface area contributed by atoms with E-state index in [1.54, 1.807) is 31.4 Å². The van der Waals surface area contributed by atoms with E-state index in [0.717, 1.165) is 36.6 Å². The maximum atomic E-state index is 13.5. The van der Waals surface area contributed by atoms with E-state index in [4.69, 9.17) is 4.74 Å². The van der Waals surface area contributed by atoms with Gasteiger partial charge in [-0.25, -0.2) is 0 Å². The number of ether oxygens (including phenoxy) is 1.